The SMILES string of the molecule is COCCOc1ccc(C(F)(F)F)cc1NC(=O)c1ccc2c(c1)C(=O)N(CCC(C)C)C2=O. The zero-order valence-electron chi connectivity index (χ0n) is 19.0. The summed E-state index contributed by atoms with van der Waals surface area (Å²) in [6, 6.07) is 6.75. The Hall–Kier alpha value is -3.40. The zero-order chi connectivity index (χ0) is 25.0. The molecule has 7 nitrogen and oxygen atoms in total. The van der Waals surface area contributed by atoms with Crippen molar-refractivity contribution < 1.29 is 37.0 Å². The highest BCUT2D eigenvalue weighted by Crippen LogP contribution is 2.35. The van der Waals surface area contributed by atoms with Gasteiger partial charge >= 0.3 is 6.18 Å². The van der Waals surface area contributed by atoms with Crippen LogP contribution in [0.1, 0.15) is 56.9 Å². The van der Waals surface area contributed by atoms with Gasteiger partial charge in [-0.1, -0.05) is 13.8 Å². The van der Waals surface area contributed by atoms with Crippen molar-refractivity contribution in [2.75, 3.05) is 32.2 Å². The van der Waals surface area contributed by atoms with Gasteiger partial charge in [0.15, 0.2) is 0 Å². The molecular weight excluding hydrogens is 453 g/mol. The molecule has 0 bridgehead atoms. The average Bonchev–Trinajstić information content (AvgIpc) is 3.01. The van der Waals surface area contributed by atoms with Crippen molar-refractivity contribution in [3.8, 4) is 5.75 Å². The molecule has 0 aliphatic carbocycles. The Bertz CT molecular complexity index is 1100. The maximum Gasteiger partial charge on any atom is 0.416 e. The Morgan fingerprint density at radius 3 is 2.38 bits per heavy atom. The molecule has 0 radical (unpaired) electrons. The molecule has 3 rings (SSSR count). The van der Waals surface area contributed by atoms with Crippen LogP contribution in [0, 0.1) is 5.92 Å². The summed E-state index contributed by atoms with van der Waals surface area (Å²) < 4.78 is 49.9. The number of anilines is 1. The fraction of sp³-hybridized carbons (Fsp3) is 0.375. The molecule has 0 saturated carbocycles. The maximum absolute atomic E-state index is 13.2. The molecule has 1 aliphatic heterocycles. The minimum absolute atomic E-state index is 0.0193. The lowest BCUT2D eigenvalue weighted by molar-refractivity contribution is -0.137. The highest BCUT2D eigenvalue weighted by molar-refractivity contribution is 6.22. The molecule has 0 saturated heterocycles. The van der Waals surface area contributed by atoms with Crippen LogP contribution in [-0.4, -0.2) is 49.5 Å². The quantitative estimate of drug-likeness (QED) is 0.420. The number of hydrogen-bond acceptors (Lipinski definition) is 5. The highest BCUT2D eigenvalue weighted by atomic mass is 19.4. The minimum atomic E-state index is -4.62. The number of rotatable bonds is 9. The van der Waals surface area contributed by atoms with Crippen molar-refractivity contribution >= 4 is 23.4 Å². The first kappa shape index (κ1) is 25.2. The maximum atomic E-state index is 13.2. The summed E-state index contributed by atoms with van der Waals surface area (Å²) in [5, 5.41) is 2.42. The van der Waals surface area contributed by atoms with Gasteiger partial charge in [0, 0.05) is 19.2 Å². The minimum Gasteiger partial charge on any atom is -0.489 e. The first-order chi connectivity index (χ1) is 16.0. The van der Waals surface area contributed by atoms with Crippen molar-refractivity contribution in [1.29, 1.82) is 0 Å². The van der Waals surface area contributed by atoms with E-state index in [9.17, 15) is 27.6 Å². The molecule has 3 amide bonds. The zero-order valence-corrected chi connectivity index (χ0v) is 19.0. The monoisotopic (exact) mass is 478 g/mol. The molecule has 34 heavy (non-hydrogen) atoms. The van der Waals surface area contributed by atoms with Crippen molar-refractivity contribution in [2.24, 2.45) is 5.92 Å². The number of halogens is 3. The van der Waals surface area contributed by atoms with Gasteiger partial charge in [-0.2, -0.15) is 13.2 Å². The summed E-state index contributed by atoms with van der Waals surface area (Å²) >= 11 is 0. The molecule has 1 heterocycles. The van der Waals surface area contributed by atoms with Crippen LogP contribution in [0.5, 0.6) is 5.75 Å². The van der Waals surface area contributed by atoms with E-state index in [0.717, 1.165) is 23.1 Å². The van der Waals surface area contributed by atoms with Crippen molar-refractivity contribution in [3.63, 3.8) is 0 Å². The van der Waals surface area contributed by atoms with E-state index in [1.165, 1.54) is 25.3 Å². The van der Waals surface area contributed by atoms with Gasteiger partial charge in [-0.25, -0.2) is 0 Å². The summed E-state index contributed by atoms with van der Waals surface area (Å²) in [5.74, 6) is -1.36. The lowest BCUT2D eigenvalue weighted by Gasteiger charge is -2.15. The number of fused-ring (bicyclic) bond motifs is 1. The number of imide groups is 1. The van der Waals surface area contributed by atoms with Gasteiger partial charge < -0.3 is 14.8 Å². The van der Waals surface area contributed by atoms with E-state index >= 15 is 0 Å². The van der Waals surface area contributed by atoms with Gasteiger partial charge in [-0.15, -0.1) is 0 Å². The molecule has 10 heteroatoms. The van der Waals surface area contributed by atoms with E-state index in [1.807, 2.05) is 13.8 Å². The lowest BCUT2D eigenvalue weighted by atomic mass is 10.0. The Labute approximate surface area is 194 Å². The smallest absolute Gasteiger partial charge is 0.416 e. The van der Waals surface area contributed by atoms with E-state index < -0.39 is 29.5 Å². The number of alkyl halides is 3. The largest absolute Gasteiger partial charge is 0.489 e. The number of benzene rings is 2. The van der Waals surface area contributed by atoms with Crippen LogP contribution < -0.4 is 10.1 Å². The number of nitrogens with one attached hydrogen (secondary N) is 1. The molecule has 1 N–H and O–H groups in total. The number of hydrogen-bond donors (Lipinski definition) is 1. The summed E-state index contributed by atoms with van der Waals surface area (Å²) in [4.78, 5) is 39.3. The normalized spacial score (nSPS) is 13.4. The summed E-state index contributed by atoms with van der Waals surface area (Å²) in [6.07, 6.45) is -3.98. The van der Waals surface area contributed by atoms with Crippen molar-refractivity contribution in [3.05, 3.63) is 58.7 Å². The van der Waals surface area contributed by atoms with Crippen molar-refractivity contribution in [1.82, 2.24) is 4.90 Å². The van der Waals surface area contributed by atoms with Crippen LogP contribution in [0.4, 0.5) is 18.9 Å². The molecule has 0 aromatic heterocycles. The fourth-order valence-corrected chi connectivity index (χ4v) is 3.38. The first-order valence-electron chi connectivity index (χ1n) is 10.7. The predicted molar refractivity (Wildman–Crippen MR) is 118 cm³/mol. The number of carbonyl (C=O) groups is 3. The number of nitrogens with zero attached hydrogens (tertiary/aromatic N) is 1. The number of carbonyl (C=O) groups excluding carboxylic acids is 3. The molecule has 1 aliphatic rings. The van der Waals surface area contributed by atoms with Gasteiger partial charge in [0.1, 0.15) is 12.4 Å². The molecular formula is C24H25F3N2O5. The van der Waals surface area contributed by atoms with Gasteiger partial charge in [0.2, 0.25) is 0 Å². The summed E-state index contributed by atoms with van der Waals surface area (Å²) in [6.45, 7) is 4.47. The van der Waals surface area contributed by atoms with Crippen LogP contribution in [0.2, 0.25) is 0 Å². The third-order valence-electron chi connectivity index (χ3n) is 5.26. The van der Waals surface area contributed by atoms with Crippen molar-refractivity contribution in [2.45, 2.75) is 26.4 Å². The molecule has 0 fully saturated rings. The van der Waals surface area contributed by atoms with E-state index in [-0.39, 0.29) is 47.9 Å². The number of ether oxygens (including phenoxy) is 2. The second-order valence-corrected chi connectivity index (χ2v) is 8.21. The van der Waals surface area contributed by atoms with Gasteiger partial charge in [-0.05, 0) is 48.7 Å². The number of methoxy groups -OCH3 is 1. The first-order valence-corrected chi connectivity index (χ1v) is 10.7. The molecule has 0 spiro atoms. The van der Waals surface area contributed by atoms with E-state index in [1.54, 1.807) is 0 Å². The highest BCUT2D eigenvalue weighted by Gasteiger charge is 2.36. The third kappa shape index (κ3) is 5.56. The molecule has 182 valence electrons. The Morgan fingerprint density at radius 1 is 1.03 bits per heavy atom. The Morgan fingerprint density at radius 2 is 1.74 bits per heavy atom. The van der Waals surface area contributed by atoms with Crippen LogP contribution in [0.15, 0.2) is 36.4 Å². The van der Waals surface area contributed by atoms with Gasteiger partial charge in [-0.3, -0.25) is 19.3 Å². The molecule has 0 unspecified atom stereocenters. The molecule has 2 aromatic carbocycles. The van der Waals surface area contributed by atoms with Crippen LogP contribution >= 0.6 is 0 Å². The standard InChI is InChI=1S/C24H25F3N2O5/c1-14(2)8-9-29-22(31)17-6-4-15(12-18(17)23(29)32)21(30)28-19-13-16(24(25,26)27)5-7-20(19)34-11-10-33-3/h4-7,12-14H,8-11H2,1-3H3,(H,28,30). The Balaban J connectivity index is 1.85. The fourth-order valence-electron chi connectivity index (χ4n) is 3.38. The van der Waals surface area contributed by atoms with E-state index in [4.69, 9.17) is 9.47 Å². The second kappa shape index (κ2) is 10.3. The van der Waals surface area contributed by atoms with Gasteiger partial charge in [0.25, 0.3) is 17.7 Å². The Kier molecular flexibility index (Phi) is 7.61. The summed E-state index contributed by atoms with van der Waals surface area (Å²) in [5.41, 5.74) is -0.851. The molecule has 2 aromatic rings. The third-order valence-corrected chi connectivity index (χ3v) is 5.26. The average molecular weight is 478 g/mol. The van der Waals surface area contributed by atoms with E-state index in [0.29, 0.717) is 12.3 Å². The van der Waals surface area contributed by atoms with Crippen LogP contribution in [-0.2, 0) is 10.9 Å². The van der Waals surface area contributed by atoms with E-state index in [2.05, 4.69) is 5.32 Å². The lowest BCUT2D eigenvalue weighted by Crippen LogP contribution is -2.31. The molecule has 0 atom stereocenters. The second-order valence-electron chi connectivity index (χ2n) is 8.21. The van der Waals surface area contributed by atoms with Crippen LogP contribution in [0.3, 0.4) is 0 Å². The summed E-state index contributed by atoms with van der Waals surface area (Å²) in [7, 11) is 1.45. The van der Waals surface area contributed by atoms with Gasteiger partial charge in [0.05, 0.1) is 29.0 Å². The predicted octanol–water partition coefficient (Wildman–Crippen LogP) is 4.63. The van der Waals surface area contributed by atoms with Crippen LogP contribution in [0.25, 0.3) is 0 Å². The topological polar surface area (TPSA) is 84.9 Å². The number of amides is 3.